The van der Waals surface area contributed by atoms with Gasteiger partial charge in [-0.05, 0) is 32.2 Å². The van der Waals surface area contributed by atoms with Crippen molar-refractivity contribution in [2.45, 2.75) is 44.3 Å². The van der Waals surface area contributed by atoms with Crippen molar-refractivity contribution < 1.29 is 23.1 Å². The summed E-state index contributed by atoms with van der Waals surface area (Å²) in [4.78, 5) is 13.5. The molecule has 2 aliphatic heterocycles. The number of fused-ring (bicyclic) bond motifs is 1. The number of halogens is 3. The van der Waals surface area contributed by atoms with Gasteiger partial charge in [-0.15, -0.1) is 0 Å². The molecule has 118 valence electrons. The first-order chi connectivity index (χ1) is 9.89. The van der Waals surface area contributed by atoms with Crippen LogP contribution in [0.3, 0.4) is 0 Å². The number of alkyl halides is 3. The Morgan fingerprint density at radius 1 is 1.43 bits per heavy atom. The Balaban J connectivity index is 0.000000199. The fraction of sp³-hybridized carbons (Fsp3) is 0.692. The molecule has 5 nitrogen and oxygen atoms in total. The van der Waals surface area contributed by atoms with Gasteiger partial charge in [0.25, 0.3) is 0 Å². The molecule has 1 unspecified atom stereocenters. The number of hydrogen-bond acceptors (Lipinski definition) is 3. The highest BCUT2D eigenvalue weighted by molar-refractivity contribution is 5.73. The first-order valence-electron chi connectivity index (χ1n) is 6.94. The smallest absolute Gasteiger partial charge is 0.475 e. The normalized spacial score (nSPS) is 21.4. The second kappa shape index (κ2) is 6.46. The molecule has 21 heavy (non-hydrogen) atoms. The molecular formula is C13H18F3N3O2. The number of carboxylic acids is 1. The number of nitrogens with one attached hydrogen (secondary N) is 1. The largest absolute Gasteiger partial charge is 0.490 e. The van der Waals surface area contributed by atoms with Crippen molar-refractivity contribution in [3.05, 3.63) is 17.7 Å². The standard InChI is InChI=1S/C11H17N3.C2HF3O2/c1-3-9(7-12-5-1)11-13-8-10-4-2-6-14(10)11;3-2(4,5)1(6)7/h8-9,12H,1-7H2;(H,6,7). The van der Waals surface area contributed by atoms with Crippen LogP contribution in [0.4, 0.5) is 13.2 Å². The molecular weight excluding hydrogens is 287 g/mol. The number of hydrogen-bond donors (Lipinski definition) is 2. The molecule has 3 heterocycles. The summed E-state index contributed by atoms with van der Waals surface area (Å²) < 4.78 is 34.2. The van der Waals surface area contributed by atoms with E-state index in [1.807, 2.05) is 0 Å². The van der Waals surface area contributed by atoms with Crippen LogP contribution in [-0.4, -0.2) is 39.9 Å². The topological polar surface area (TPSA) is 67.2 Å². The Hall–Kier alpha value is -1.57. The summed E-state index contributed by atoms with van der Waals surface area (Å²) in [6.45, 7) is 3.50. The van der Waals surface area contributed by atoms with Gasteiger partial charge in [-0.3, -0.25) is 0 Å². The highest BCUT2D eigenvalue weighted by Crippen LogP contribution is 2.26. The average molecular weight is 305 g/mol. The van der Waals surface area contributed by atoms with E-state index >= 15 is 0 Å². The third-order valence-corrected chi connectivity index (χ3v) is 3.69. The van der Waals surface area contributed by atoms with Crippen LogP contribution in [0.25, 0.3) is 0 Å². The van der Waals surface area contributed by atoms with E-state index in [-0.39, 0.29) is 0 Å². The molecule has 2 aliphatic rings. The van der Waals surface area contributed by atoms with Crippen LogP contribution in [0.5, 0.6) is 0 Å². The van der Waals surface area contributed by atoms with Crippen LogP contribution < -0.4 is 5.32 Å². The van der Waals surface area contributed by atoms with Gasteiger partial charge >= 0.3 is 12.1 Å². The summed E-state index contributed by atoms with van der Waals surface area (Å²) in [5.74, 6) is -0.757. The Bertz CT molecular complexity index is 493. The molecule has 1 fully saturated rings. The van der Waals surface area contributed by atoms with Gasteiger partial charge in [-0.2, -0.15) is 13.2 Å². The predicted octanol–water partition coefficient (Wildman–Crippen LogP) is 1.93. The number of rotatable bonds is 1. The van der Waals surface area contributed by atoms with Crippen LogP contribution in [0.2, 0.25) is 0 Å². The van der Waals surface area contributed by atoms with Crippen molar-refractivity contribution in [3.63, 3.8) is 0 Å². The van der Waals surface area contributed by atoms with E-state index in [9.17, 15) is 13.2 Å². The number of carboxylic acid groups (broad SMARTS) is 1. The minimum atomic E-state index is -5.08. The van der Waals surface area contributed by atoms with Gasteiger partial charge in [-0.1, -0.05) is 0 Å². The molecule has 0 bridgehead atoms. The maximum absolute atomic E-state index is 10.6. The zero-order chi connectivity index (χ0) is 15.5. The SMILES string of the molecule is O=C(O)C(F)(F)F.c1nc(C2CCCNC2)n2c1CCC2. The minimum Gasteiger partial charge on any atom is -0.475 e. The first kappa shape index (κ1) is 15.8. The lowest BCUT2D eigenvalue weighted by Gasteiger charge is -2.22. The lowest BCUT2D eigenvalue weighted by Crippen LogP contribution is -2.30. The molecule has 1 aromatic heterocycles. The van der Waals surface area contributed by atoms with E-state index in [0.717, 1.165) is 6.54 Å². The highest BCUT2D eigenvalue weighted by Gasteiger charge is 2.38. The summed E-state index contributed by atoms with van der Waals surface area (Å²) in [5.41, 5.74) is 1.45. The van der Waals surface area contributed by atoms with Crippen LogP contribution in [0, 0.1) is 0 Å². The molecule has 1 saturated heterocycles. The van der Waals surface area contributed by atoms with Crippen molar-refractivity contribution in [3.8, 4) is 0 Å². The van der Waals surface area contributed by atoms with Gasteiger partial charge < -0.3 is 15.0 Å². The van der Waals surface area contributed by atoms with E-state index in [1.165, 1.54) is 50.3 Å². The van der Waals surface area contributed by atoms with Gasteiger partial charge in [0.15, 0.2) is 0 Å². The number of aryl methyl sites for hydroxylation is 1. The average Bonchev–Trinajstić information content (AvgIpc) is 3.01. The van der Waals surface area contributed by atoms with Crippen molar-refractivity contribution in [2.24, 2.45) is 0 Å². The van der Waals surface area contributed by atoms with E-state index in [1.54, 1.807) is 0 Å². The summed E-state index contributed by atoms with van der Waals surface area (Å²) in [6, 6.07) is 0. The highest BCUT2D eigenvalue weighted by atomic mass is 19.4. The zero-order valence-electron chi connectivity index (χ0n) is 11.5. The van der Waals surface area contributed by atoms with Crippen molar-refractivity contribution in [2.75, 3.05) is 13.1 Å². The van der Waals surface area contributed by atoms with Crippen molar-refractivity contribution >= 4 is 5.97 Å². The van der Waals surface area contributed by atoms with E-state index < -0.39 is 12.1 Å². The lowest BCUT2D eigenvalue weighted by atomic mass is 9.99. The maximum Gasteiger partial charge on any atom is 0.490 e. The number of nitrogens with zero attached hydrogens (tertiary/aromatic N) is 2. The number of imidazole rings is 1. The fourth-order valence-corrected chi connectivity index (χ4v) is 2.70. The lowest BCUT2D eigenvalue weighted by molar-refractivity contribution is -0.192. The predicted molar refractivity (Wildman–Crippen MR) is 69.1 cm³/mol. The van der Waals surface area contributed by atoms with Crippen LogP contribution >= 0.6 is 0 Å². The molecule has 1 atom stereocenters. The fourth-order valence-electron chi connectivity index (χ4n) is 2.70. The number of carbonyl (C=O) groups is 1. The second-order valence-electron chi connectivity index (χ2n) is 5.21. The van der Waals surface area contributed by atoms with Crippen molar-refractivity contribution in [1.29, 1.82) is 0 Å². The molecule has 1 aromatic rings. The second-order valence-corrected chi connectivity index (χ2v) is 5.21. The van der Waals surface area contributed by atoms with Crippen molar-refractivity contribution in [1.82, 2.24) is 14.9 Å². The van der Waals surface area contributed by atoms with Crippen LogP contribution in [0.1, 0.15) is 36.7 Å². The molecule has 0 saturated carbocycles. The maximum atomic E-state index is 10.6. The summed E-state index contributed by atoms with van der Waals surface area (Å²) >= 11 is 0. The van der Waals surface area contributed by atoms with Gasteiger partial charge in [-0.25, -0.2) is 9.78 Å². The molecule has 0 aliphatic carbocycles. The number of aromatic nitrogens is 2. The quantitative estimate of drug-likeness (QED) is 0.832. The van der Waals surface area contributed by atoms with Gasteiger partial charge in [0, 0.05) is 30.9 Å². The summed E-state index contributed by atoms with van der Waals surface area (Å²) in [5, 5.41) is 10.6. The van der Waals surface area contributed by atoms with E-state index in [4.69, 9.17) is 9.90 Å². The first-order valence-corrected chi connectivity index (χ1v) is 6.94. The monoisotopic (exact) mass is 305 g/mol. The van der Waals surface area contributed by atoms with Gasteiger partial charge in [0.1, 0.15) is 5.82 Å². The zero-order valence-corrected chi connectivity index (χ0v) is 11.5. The number of aliphatic carboxylic acids is 1. The molecule has 0 radical (unpaired) electrons. The van der Waals surface area contributed by atoms with Crippen LogP contribution in [-0.2, 0) is 17.8 Å². The Kier molecular flexibility index (Phi) is 4.87. The molecule has 0 amide bonds. The molecule has 2 N–H and O–H groups in total. The molecule has 0 aromatic carbocycles. The molecule has 3 rings (SSSR count). The van der Waals surface area contributed by atoms with E-state index in [0.29, 0.717) is 5.92 Å². The molecule has 8 heteroatoms. The van der Waals surface area contributed by atoms with Gasteiger partial charge in [0.05, 0.1) is 0 Å². The van der Waals surface area contributed by atoms with E-state index in [2.05, 4.69) is 21.1 Å². The molecule has 0 spiro atoms. The van der Waals surface area contributed by atoms with Crippen LogP contribution in [0.15, 0.2) is 6.20 Å². The Morgan fingerprint density at radius 3 is 2.71 bits per heavy atom. The third-order valence-electron chi connectivity index (χ3n) is 3.69. The Labute approximate surface area is 120 Å². The summed E-state index contributed by atoms with van der Waals surface area (Å²) in [7, 11) is 0. The van der Waals surface area contributed by atoms with Gasteiger partial charge in [0.2, 0.25) is 0 Å². The number of piperidine rings is 1. The minimum absolute atomic E-state index is 0.663. The summed E-state index contributed by atoms with van der Waals surface area (Å²) in [6.07, 6.45) is 2.14. The Morgan fingerprint density at radius 2 is 2.14 bits per heavy atom. The third kappa shape index (κ3) is 3.96.